The van der Waals surface area contributed by atoms with E-state index in [9.17, 15) is 35.9 Å². The van der Waals surface area contributed by atoms with Crippen LogP contribution in [-0.4, -0.2) is 37.9 Å². The second kappa shape index (κ2) is 12.6. The first-order valence-corrected chi connectivity index (χ1v) is 13.3. The molecule has 2 atom stereocenters. The normalized spacial score (nSPS) is 16.3. The molecule has 12 heteroatoms. The molecule has 0 bridgehead atoms. The maximum atomic E-state index is 13.8. The average molecular weight is 589 g/mol. The summed E-state index contributed by atoms with van der Waals surface area (Å²) in [5.41, 5.74) is -0.562. The van der Waals surface area contributed by atoms with E-state index in [2.05, 4.69) is 0 Å². The van der Waals surface area contributed by atoms with Gasteiger partial charge >= 0.3 is 24.4 Å². The minimum atomic E-state index is -5.03. The van der Waals surface area contributed by atoms with E-state index in [0.29, 0.717) is 36.3 Å². The molecule has 0 radical (unpaired) electrons. The van der Waals surface area contributed by atoms with Crippen LogP contribution in [0.15, 0.2) is 30.3 Å². The van der Waals surface area contributed by atoms with Gasteiger partial charge in [-0.2, -0.15) is 26.3 Å². The molecule has 2 aromatic rings. The Kier molecular flexibility index (Phi) is 9.86. The Balaban J connectivity index is 2.29. The van der Waals surface area contributed by atoms with Gasteiger partial charge in [0.1, 0.15) is 0 Å². The minimum Gasteiger partial charge on any atom is -0.466 e. The largest absolute Gasteiger partial charge is 0.466 e. The quantitative estimate of drug-likeness (QED) is 0.231. The van der Waals surface area contributed by atoms with E-state index in [4.69, 9.17) is 9.47 Å². The molecule has 0 saturated heterocycles. The Labute approximate surface area is 235 Å². The molecule has 0 spiro atoms. The fraction of sp³-hybridized carbons (Fsp3) is 0.517. The second-order valence-corrected chi connectivity index (χ2v) is 10.1. The summed E-state index contributed by atoms with van der Waals surface area (Å²) in [6.07, 6.45) is -9.61. The lowest BCUT2D eigenvalue weighted by atomic mass is 9.92. The van der Waals surface area contributed by atoms with Crippen LogP contribution >= 0.6 is 0 Å². The highest BCUT2D eigenvalue weighted by Crippen LogP contribution is 2.45. The number of esters is 1. The van der Waals surface area contributed by atoms with Crippen LogP contribution in [0.4, 0.5) is 42.5 Å². The molecule has 0 aliphatic carbocycles. The molecule has 1 aliphatic rings. The van der Waals surface area contributed by atoms with E-state index in [1.54, 1.807) is 24.0 Å². The van der Waals surface area contributed by atoms with Gasteiger partial charge in [0, 0.05) is 19.9 Å². The molecule has 0 fully saturated rings. The highest BCUT2D eigenvalue weighted by atomic mass is 19.4. The Bertz CT molecular complexity index is 1230. The number of alkyl halides is 6. The summed E-state index contributed by atoms with van der Waals surface area (Å²) in [7, 11) is 0. The van der Waals surface area contributed by atoms with Crippen LogP contribution in [-0.2, 0) is 26.6 Å². The van der Waals surface area contributed by atoms with Crippen LogP contribution in [0.25, 0.3) is 0 Å². The lowest BCUT2D eigenvalue weighted by Gasteiger charge is -2.46. The van der Waals surface area contributed by atoms with E-state index < -0.39 is 47.6 Å². The van der Waals surface area contributed by atoms with Crippen molar-refractivity contribution in [1.82, 2.24) is 0 Å². The number of hydrogen-bond donors (Lipinski definition) is 0. The van der Waals surface area contributed by atoms with Crippen molar-refractivity contribution in [3.63, 3.8) is 0 Å². The van der Waals surface area contributed by atoms with Crippen LogP contribution in [0.2, 0.25) is 0 Å². The van der Waals surface area contributed by atoms with Crippen molar-refractivity contribution in [3.8, 4) is 0 Å². The maximum absolute atomic E-state index is 13.8. The van der Waals surface area contributed by atoms with Gasteiger partial charge in [-0.1, -0.05) is 13.3 Å². The molecule has 2 unspecified atom stereocenters. The average Bonchev–Trinajstić information content (AvgIpc) is 2.86. The molecule has 6 nitrogen and oxygen atoms in total. The molecule has 2 aromatic carbocycles. The zero-order chi connectivity index (χ0) is 30.7. The van der Waals surface area contributed by atoms with Crippen molar-refractivity contribution < 1.29 is 45.4 Å². The smallest absolute Gasteiger partial charge is 0.416 e. The van der Waals surface area contributed by atoms with Crippen LogP contribution in [0.1, 0.15) is 73.9 Å². The standard InChI is InChI=1S/C29H34F6N2O4/c1-6-8-23-16-36(25-11-17(3)18(4)12-26(25)37(23)27(39)40-7-2)24(9-10-41-19(5)38)20-13-21(28(30,31)32)15-22(14-20)29(33,34)35/h11-15,23-24H,6-10,16H2,1-5H3. The number of aryl methyl sites for hydroxylation is 2. The van der Waals surface area contributed by atoms with Crippen molar-refractivity contribution in [1.29, 1.82) is 0 Å². The Morgan fingerprint density at radius 2 is 1.46 bits per heavy atom. The van der Waals surface area contributed by atoms with Gasteiger partial charge in [-0.3, -0.25) is 9.69 Å². The highest BCUT2D eigenvalue weighted by molar-refractivity contribution is 5.95. The van der Waals surface area contributed by atoms with Crippen molar-refractivity contribution >= 4 is 23.4 Å². The van der Waals surface area contributed by atoms with Gasteiger partial charge in [0.2, 0.25) is 0 Å². The molecule has 1 amide bonds. The number of halogens is 6. The summed E-state index contributed by atoms with van der Waals surface area (Å²) in [6, 6.07) is 3.50. The van der Waals surface area contributed by atoms with Crippen molar-refractivity contribution in [2.75, 3.05) is 29.6 Å². The van der Waals surface area contributed by atoms with E-state index in [0.717, 1.165) is 18.1 Å². The van der Waals surface area contributed by atoms with Crippen molar-refractivity contribution in [3.05, 3.63) is 58.1 Å². The van der Waals surface area contributed by atoms with Gasteiger partial charge in [-0.15, -0.1) is 0 Å². The van der Waals surface area contributed by atoms with Gasteiger partial charge in [0.15, 0.2) is 0 Å². The van der Waals surface area contributed by atoms with Crippen LogP contribution in [0.5, 0.6) is 0 Å². The molecule has 1 aliphatic heterocycles. The molecule has 0 saturated carbocycles. The number of benzene rings is 2. The third-order valence-electron chi connectivity index (χ3n) is 7.09. The number of anilines is 2. The molecule has 1 heterocycles. The Morgan fingerprint density at radius 3 is 1.95 bits per heavy atom. The third kappa shape index (κ3) is 7.45. The number of carbonyl (C=O) groups excluding carboxylic acids is 2. The number of nitrogens with zero attached hydrogens (tertiary/aromatic N) is 2. The predicted octanol–water partition coefficient (Wildman–Crippen LogP) is 7.99. The number of fused-ring (bicyclic) bond motifs is 1. The van der Waals surface area contributed by atoms with E-state index in [1.165, 1.54) is 4.90 Å². The molecule has 226 valence electrons. The zero-order valence-electron chi connectivity index (χ0n) is 23.6. The van der Waals surface area contributed by atoms with Crippen LogP contribution < -0.4 is 9.80 Å². The number of hydrogen-bond acceptors (Lipinski definition) is 5. The number of carbonyl (C=O) groups is 2. The highest BCUT2D eigenvalue weighted by Gasteiger charge is 2.41. The summed E-state index contributed by atoms with van der Waals surface area (Å²) in [5, 5.41) is 0. The van der Waals surface area contributed by atoms with Gasteiger partial charge in [-0.25, -0.2) is 4.79 Å². The maximum Gasteiger partial charge on any atom is 0.416 e. The number of rotatable bonds is 8. The lowest BCUT2D eigenvalue weighted by Crippen LogP contribution is -2.53. The second-order valence-electron chi connectivity index (χ2n) is 10.1. The predicted molar refractivity (Wildman–Crippen MR) is 142 cm³/mol. The lowest BCUT2D eigenvalue weighted by molar-refractivity contribution is -0.143. The van der Waals surface area contributed by atoms with E-state index in [-0.39, 0.29) is 37.8 Å². The fourth-order valence-corrected chi connectivity index (χ4v) is 5.09. The monoisotopic (exact) mass is 588 g/mol. The van der Waals surface area contributed by atoms with Crippen molar-refractivity contribution in [2.45, 2.75) is 78.3 Å². The topological polar surface area (TPSA) is 59.1 Å². The summed E-state index contributed by atoms with van der Waals surface area (Å²) >= 11 is 0. The summed E-state index contributed by atoms with van der Waals surface area (Å²) in [4.78, 5) is 27.9. The van der Waals surface area contributed by atoms with Crippen LogP contribution in [0.3, 0.4) is 0 Å². The first-order valence-electron chi connectivity index (χ1n) is 13.3. The molecule has 3 rings (SSSR count). The van der Waals surface area contributed by atoms with E-state index >= 15 is 0 Å². The SMILES string of the molecule is CCCC1CN(C(CCOC(C)=O)c2cc(C(F)(F)F)cc(C(F)(F)F)c2)c2cc(C)c(C)cc2N1C(=O)OCC. The van der Waals surface area contributed by atoms with Gasteiger partial charge < -0.3 is 14.4 Å². The van der Waals surface area contributed by atoms with E-state index in [1.807, 2.05) is 20.8 Å². The Morgan fingerprint density at radius 1 is 0.902 bits per heavy atom. The fourth-order valence-electron chi connectivity index (χ4n) is 5.09. The zero-order valence-corrected chi connectivity index (χ0v) is 23.6. The molecule has 0 N–H and O–H groups in total. The Hall–Kier alpha value is -3.44. The van der Waals surface area contributed by atoms with Gasteiger partial charge in [-0.05, 0) is 74.2 Å². The van der Waals surface area contributed by atoms with Crippen LogP contribution in [0, 0.1) is 13.8 Å². The molecule has 41 heavy (non-hydrogen) atoms. The molecular formula is C29H34F6N2O4. The summed E-state index contributed by atoms with van der Waals surface area (Å²) < 4.78 is 93.2. The van der Waals surface area contributed by atoms with Crippen molar-refractivity contribution in [2.24, 2.45) is 0 Å². The third-order valence-corrected chi connectivity index (χ3v) is 7.09. The molecular weight excluding hydrogens is 554 g/mol. The summed E-state index contributed by atoms with van der Waals surface area (Å²) in [6.45, 7) is 8.38. The van der Waals surface area contributed by atoms with Gasteiger partial charge in [0.25, 0.3) is 0 Å². The first kappa shape index (κ1) is 32.1. The minimum absolute atomic E-state index is 0.0899. The molecule has 0 aromatic heterocycles. The number of ether oxygens (including phenoxy) is 2. The van der Waals surface area contributed by atoms with Gasteiger partial charge in [0.05, 0.1) is 47.8 Å². The summed E-state index contributed by atoms with van der Waals surface area (Å²) in [5.74, 6) is -0.633. The number of amides is 1. The first-order chi connectivity index (χ1) is 19.1.